The van der Waals surface area contributed by atoms with E-state index in [0.29, 0.717) is 17.7 Å². The molecule has 0 amide bonds. The molecule has 0 aliphatic carbocycles. The zero-order valence-electron chi connectivity index (χ0n) is 11.4. The number of aryl methyl sites for hydroxylation is 1. The second kappa shape index (κ2) is 6.02. The van der Waals surface area contributed by atoms with Crippen molar-refractivity contribution in [2.45, 2.75) is 32.6 Å². The smallest absolute Gasteiger partial charge is 0.226 e. The number of halogens is 1. The fraction of sp³-hybridized carbons (Fsp3) is 0.333. The van der Waals surface area contributed by atoms with E-state index in [-0.39, 0.29) is 0 Å². The molecule has 0 N–H and O–H groups in total. The number of nitrogens with zero attached hydrogens (tertiary/aromatic N) is 2. The third kappa shape index (κ3) is 3.24. The van der Waals surface area contributed by atoms with Crippen LogP contribution in [-0.4, -0.2) is 9.97 Å². The van der Waals surface area contributed by atoms with E-state index in [1.54, 1.807) is 6.20 Å². The monoisotopic (exact) mass is 276 g/mol. The Morgan fingerprint density at radius 2 is 2.11 bits per heavy atom. The Labute approximate surface area is 118 Å². The van der Waals surface area contributed by atoms with Gasteiger partial charge in [0.1, 0.15) is 12.1 Å². The lowest BCUT2D eigenvalue weighted by atomic mass is 9.98. The Morgan fingerprint density at radius 3 is 2.74 bits per heavy atom. The van der Waals surface area contributed by atoms with Gasteiger partial charge in [-0.15, -0.1) is 11.6 Å². The van der Waals surface area contributed by atoms with Gasteiger partial charge in [0.05, 0.1) is 5.88 Å². The summed E-state index contributed by atoms with van der Waals surface area (Å²) in [5, 5.41) is 0. The van der Waals surface area contributed by atoms with Gasteiger partial charge < -0.3 is 4.74 Å². The van der Waals surface area contributed by atoms with Crippen LogP contribution in [0, 0.1) is 6.92 Å². The summed E-state index contributed by atoms with van der Waals surface area (Å²) in [5.41, 5.74) is 3.33. The summed E-state index contributed by atoms with van der Waals surface area (Å²) >= 11 is 5.84. The summed E-state index contributed by atoms with van der Waals surface area (Å²) in [6.45, 7) is 6.45. The first kappa shape index (κ1) is 13.8. The molecule has 3 nitrogen and oxygen atoms in total. The lowest BCUT2D eigenvalue weighted by molar-refractivity contribution is 0.456. The molecule has 100 valence electrons. The van der Waals surface area contributed by atoms with Crippen LogP contribution >= 0.6 is 11.6 Å². The SMILES string of the molecule is Cc1cc(Oc2ncncc2CCl)ccc1C(C)C. The van der Waals surface area contributed by atoms with Crippen LogP contribution in [0.25, 0.3) is 0 Å². The van der Waals surface area contributed by atoms with E-state index in [9.17, 15) is 0 Å². The minimum Gasteiger partial charge on any atom is -0.439 e. The van der Waals surface area contributed by atoms with Crippen LogP contribution in [0.4, 0.5) is 0 Å². The first-order chi connectivity index (χ1) is 9.11. The molecule has 4 heteroatoms. The maximum absolute atomic E-state index is 5.84. The topological polar surface area (TPSA) is 35.0 Å². The van der Waals surface area contributed by atoms with E-state index in [4.69, 9.17) is 16.3 Å². The Hall–Kier alpha value is -1.61. The van der Waals surface area contributed by atoms with Crippen LogP contribution in [0.1, 0.15) is 36.5 Å². The molecule has 0 aliphatic heterocycles. The van der Waals surface area contributed by atoms with E-state index in [2.05, 4.69) is 36.8 Å². The molecule has 0 fully saturated rings. The zero-order chi connectivity index (χ0) is 13.8. The van der Waals surface area contributed by atoms with Gasteiger partial charge in [0.25, 0.3) is 0 Å². The molecule has 0 saturated heterocycles. The molecular formula is C15H17ClN2O. The van der Waals surface area contributed by atoms with Crippen LogP contribution in [-0.2, 0) is 5.88 Å². The summed E-state index contributed by atoms with van der Waals surface area (Å²) in [6, 6.07) is 6.08. The van der Waals surface area contributed by atoms with Crippen LogP contribution in [0.15, 0.2) is 30.7 Å². The van der Waals surface area contributed by atoms with Gasteiger partial charge in [-0.25, -0.2) is 9.97 Å². The first-order valence-electron chi connectivity index (χ1n) is 6.25. The molecule has 0 atom stereocenters. The van der Waals surface area contributed by atoms with E-state index in [1.165, 1.54) is 17.5 Å². The molecule has 0 spiro atoms. The molecule has 19 heavy (non-hydrogen) atoms. The standard InChI is InChI=1S/C15H17ClN2O/c1-10(2)14-5-4-13(6-11(14)3)19-15-12(7-16)8-17-9-18-15/h4-6,8-10H,7H2,1-3H3. The highest BCUT2D eigenvalue weighted by molar-refractivity contribution is 6.17. The van der Waals surface area contributed by atoms with Crippen LogP contribution in [0.2, 0.25) is 0 Å². The van der Waals surface area contributed by atoms with E-state index in [0.717, 1.165) is 11.3 Å². The Kier molecular flexibility index (Phi) is 4.38. The van der Waals surface area contributed by atoms with E-state index < -0.39 is 0 Å². The van der Waals surface area contributed by atoms with Gasteiger partial charge in [-0.05, 0) is 36.1 Å². The minimum absolute atomic E-state index is 0.333. The maximum Gasteiger partial charge on any atom is 0.226 e. The van der Waals surface area contributed by atoms with Crippen LogP contribution < -0.4 is 4.74 Å². The number of alkyl halides is 1. The molecule has 1 aromatic carbocycles. The second-order valence-electron chi connectivity index (χ2n) is 4.76. The average molecular weight is 277 g/mol. The Morgan fingerprint density at radius 1 is 1.32 bits per heavy atom. The molecule has 0 bridgehead atoms. The summed E-state index contributed by atoms with van der Waals surface area (Å²) in [4.78, 5) is 8.05. The molecule has 1 heterocycles. The summed E-state index contributed by atoms with van der Waals surface area (Å²) in [5.74, 6) is 2.12. The van der Waals surface area contributed by atoms with Crippen molar-refractivity contribution in [3.8, 4) is 11.6 Å². The van der Waals surface area contributed by atoms with E-state index in [1.807, 2.05) is 12.1 Å². The highest BCUT2D eigenvalue weighted by Crippen LogP contribution is 2.27. The Bertz CT molecular complexity index is 570. The lowest BCUT2D eigenvalue weighted by Gasteiger charge is -2.12. The van der Waals surface area contributed by atoms with Gasteiger partial charge in [0.2, 0.25) is 5.88 Å². The van der Waals surface area contributed by atoms with Crippen molar-refractivity contribution < 1.29 is 4.74 Å². The number of rotatable bonds is 4. The molecular weight excluding hydrogens is 260 g/mol. The predicted octanol–water partition coefficient (Wildman–Crippen LogP) is 4.44. The fourth-order valence-corrected chi connectivity index (χ4v) is 2.19. The van der Waals surface area contributed by atoms with Crippen molar-refractivity contribution in [3.63, 3.8) is 0 Å². The van der Waals surface area contributed by atoms with Gasteiger partial charge >= 0.3 is 0 Å². The molecule has 2 rings (SSSR count). The molecule has 0 aliphatic rings. The molecule has 1 aromatic heterocycles. The van der Waals surface area contributed by atoms with Gasteiger partial charge in [-0.2, -0.15) is 0 Å². The van der Waals surface area contributed by atoms with Crippen molar-refractivity contribution in [2.75, 3.05) is 0 Å². The molecule has 0 saturated carbocycles. The van der Waals surface area contributed by atoms with Crippen molar-refractivity contribution in [2.24, 2.45) is 0 Å². The minimum atomic E-state index is 0.333. The fourth-order valence-electron chi connectivity index (χ4n) is 2.00. The molecule has 0 unspecified atom stereocenters. The van der Waals surface area contributed by atoms with Crippen molar-refractivity contribution in [3.05, 3.63) is 47.4 Å². The average Bonchev–Trinajstić information content (AvgIpc) is 2.39. The summed E-state index contributed by atoms with van der Waals surface area (Å²) in [7, 11) is 0. The number of hydrogen-bond acceptors (Lipinski definition) is 3. The van der Waals surface area contributed by atoms with E-state index >= 15 is 0 Å². The third-order valence-corrected chi connectivity index (χ3v) is 3.26. The summed E-state index contributed by atoms with van der Waals surface area (Å²) < 4.78 is 5.78. The summed E-state index contributed by atoms with van der Waals surface area (Å²) in [6.07, 6.45) is 3.13. The number of hydrogen-bond donors (Lipinski definition) is 0. The van der Waals surface area contributed by atoms with Gasteiger partial charge in [0.15, 0.2) is 0 Å². The van der Waals surface area contributed by atoms with Crippen molar-refractivity contribution in [1.82, 2.24) is 9.97 Å². The highest BCUT2D eigenvalue weighted by atomic mass is 35.5. The van der Waals surface area contributed by atoms with Crippen molar-refractivity contribution in [1.29, 1.82) is 0 Å². The quantitative estimate of drug-likeness (QED) is 0.775. The largest absolute Gasteiger partial charge is 0.439 e. The normalized spacial score (nSPS) is 10.8. The lowest BCUT2D eigenvalue weighted by Crippen LogP contribution is -1.96. The first-order valence-corrected chi connectivity index (χ1v) is 6.78. The number of benzene rings is 1. The van der Waals surface area contributed by atoms with Gasteiger partial charge in [-0.1, -0.05) is 19.9 Å². The predicted molar refractivity (Wildman–Crippen MR) is 76.9 cm³/mol. The third-order valence-electron chi connectivity index (χ3n) is 2.97. The molecule has 0 radical (unpaired) electrons. The van der Waals surface area contributed by atoms with Crippen LogP contribution in [0.5, 0.6) is 11.6 Å². The van der Waals surface area contributed by atoms with Gasteiger partial charge in [-0.3, -0.25) is 0 Å². The molecule has 2 aromatic rings. The van der Waals surface area contributed by atoms with Crippen molar-refractivity contribution >= 4 is 11.6 Å². The maximum atomic E-state index is 5.84. The van der Waals surface area contributed by atoms with Gasteiger partial charge in [0, 0.05) is 11.8 Å². The highest BCUT2D eigenvalue weighted by Gasteiger charge is 2.08. The Balaban J connectivity index is 2.26. The number of aromatic nitrogens is 2. The zero-order valence-corrected chi connectivity index (χ0v) is 12.1. The van der Waals surface area contributed by atoms with Crippen LogP contribution in [0.3, 0.4) is 0 Å². The number of ether oxygens (including phenoxy) is 1. The second-order valence-corrected chi connectivity index (χ2v) is 5.03.